The summed E-state index contributed by atoms with van der Waals surface area (Å²) in [4.78, 5) is 0. The molecule has 1 heterocycles. The Bertz CT molecular complexity index is 349. The Labute approximate surface area is 117 Å². The first kappa shape index (κ1) is 13.5. The van der Waals surface area contributed by atoms with Crippen molar-refractivity contribution in [2.45, 2.75) is 70.7 Å². The summed E-state index contributed by atoms with van der Waals surface area (Å²) in [7, 11) is 0. The molecule has 2 aliphatic carbocycles. The van der Waals surface area contributed by atoms with Gasteiger partial charge in [0.1, 0.15) is 6.10 Å². The Balaban J connectivity index is 1.89. The fraction of sp³-hybridized carbons (Fsp3) is 0.882. The SMILES string of the molecule is C=COC1C(C)C2CC(C)(C)OC2C2CCCCC21. The number of ether oxygens (including phenoxy) is 2. The third-order valence-electron chi connectivity index (χ3n) is 5.77. The van der Waals surface area contributed by atoms with Gasteiger partial charge in [0.2, 0.25) is 0 Å². The molecule has 0 aromatic carbocycles. The predicted molar refractivity (Wildman–Crippen MR) is 76.7 cm³/mol. The normalized spacial score (nSPS) is 48.2. The lowest BCUT2D eigenvalue weighted by Gasteiger charge is -2.49. The standard InChI is InChI=1S/C17H28O2/c1-5-18-15-11(2)14-10-17(3,4)19-16(14)13-9-7-6-8-12(13)15/h5,11-16H,1,6-10H2,2-4H3. The molecule has 3 fully saturated rings. The molecule has 0 N–H and O–H groups in total. The van der Waals surface area contributed by atoms with Crippen LogP contribution < -0.4 is 0 Å². The lowest BCUT2D eigenvalue weighted by Crippen LogP contribution is -2.51. The van der Waals surface area contributed by atoms with Crippen LogP contribution in [0.25, 0.3) is 0 Å². The van der Waals surface area contributed by atoms with E-state index in [1.54, 1.807) is 6.26 Å². The summed E-state index contributed by atoms with van der Waals surface area (Å²) >= 11 is 0. The highest BCUT2D eigenvalue weighted by molar-refractivity contribution is 5.04. The highest BCUT2D eigenvalue weighted by atomic mass is 16.5. The molecule has 1 saturated heterocycles. The van der Waals surface area contributed by atoms with E-state index in [4.69, 9.17) is 9.47 Å². The van der Waals surface area contributed by atoms with Crippen LogP contribution in [0.15, 0.2) is 12.8 Å². The molecule has 0 aromatic heterocycles. The monoisotopic (exact) mass is 264 g/mol. The van der Waals surface area contributed by atoms with Gasteiger partial charge < -0.3 is 9.47 Å². The first-order chi connectivity index (χ1) is 9.03. The lowest BCUT2D eigenvalue weighted by atomic mass is 9.60. The topological polar surface area (TPSA) is 18.5 Å². The zero-order chi connectivity index (χ0) is 13.6. The second-order valence-electron chi connectivity index (χ2n) is 7.45. The third kappa shape index (κ3) is 2.22. The smallest absolute Gasteiger partial charge is 0.104 e. The summed E-state index contributed by atoms with van der Waals surface area (Å²) in [6, 6.07) is 0. The van der Waals surface area contributed by atoms with E-state index in [1.165, 1.54) is 32.1 Å². The molecule has 3 aliphatic rings. The molecule has 2 heteroatoms. The van der Waals surface area contributed by atoms with Crippen molar-refractivity contribution in [2.75, 3.05) is 0 Å². The van der Waals surface area contributed by atoms with E-state index in [0.29, 0.717) is 35.9 Å². The van der Waals surface area contributed by atoms with E-state index in [0.717, 1.165) is 0 Å². The van der Waals surface area contributed by atoms with Gasteiger partial charge in [0, 0.05) is 5.92 Å². The maximum absolute atomic E-state index is 6.44. The minimum atomic E-state index is 0.0503. The van der Waals surface area contributed by atoms with Gasteiger partial charge in [0.25, 0.3) is 0 Å². The lowest BCUT2D eigenvalue weighted by molar-refractivity contribution is -0.136. The second kappa shape index (κ2) is 4.80. The minimum Gasteiger partial charge on any atom is -0.498 e. The largest absolute Gasteiger partial charge is 0.498 e. The summed E-state index contributed by atoms with van der Waals surface area (Å²) in [5, 5.41) is 0. The predicted octanol–water partition coefficient (Wildman–Crippen LogP) is 4.15. The Hall–Kier alpha value is -0.500. The van der Waals surface area contributed by atoms with Crippen molar-refractivity contribution in [1.29, 1.82) is 0 Å². The van der Waals surface area contributed by atoms with Crippen LogP contribution in [0.2, 0.25) is 0 Å². The van der Waals surface area contributed by atoms with Crippen molar-refractivity contribution in [3.63, 3.8) is 0 Å². The minimum absolute atomic E-state index is 0.0503. The fourth-order valence-corrected chi connectivity index (χ4v) is 5.05. The van der Waals surface area contributed by atoms with Crippen LogP contribution in [0.1, 0.15) is 52.9 Å². The third-order valence-corrected chi connectivity index (χ3v) is 5.77. The first-order valence-electron chi connectivity index (χ1n) is 7.98. The number of rotatable bonds is 2. The molecule has 19 heavy (non-hydrogen) atoms. The van der Waals surface area contributed by atoms with Crippen LogP contribution in [-0.4, -0.2) is 17.8 Å². The molecule has 0 spiro atoms. The van der Waals surface area contributed by atoms with E-state index < -0.39 is 0 Å². The van der Waals surface area contributed by atoms with E-state index >= 15 is 0 Å². The zero-order valence-corrected chi connectivity index (χ0v) is 12.6. The maximum Gasteiger partial charge on any atom is 0.104 e. The molecule has 3 rings (SSSR count). The van der Waals surface area contributed by atoms with Crippen molar-refractivity contribution >= 4 is 0 Å². The van der Waals surface area contributed by atoms with Gasteiger partial charge in [-0.05, 0) is 50.9 Å². The summed E-state index contributed by atoms with van der Waals surface area (Å²) < 4.78 is 12.4. The van der Waals surface area contributed by atoms with Gasteiger partial charge in [-0.15, -0.1) is 0 Å². The first-order valence-corrected chi connectivity index (χ1v) is 7.98. The summed E-state index contributed by atoms with van der Waals surface area (Å²) in [6.07, 6.45) is 9.02. The van der Waals surface area contributed by atoms with Crippen LogP contribution >= 0.6 is 0 Å². The van der Waals surface area contributed by atoms with Crippen molar-refractivity contribution in [3.8, 4) is 0 Å². The Morgan fingerprint density at radius 2 is 1.84 bits per heavy atom. The Kier molecular flexibility index (Phi) is 3.41. The average molecular weight is 264 g/mol. The van der Waals surface area contributed by atoms with Gasteiger partial charge >= 0.3 is 0 Å². The Morgan fingerprint density at radius 3 is 2.53 bits per heavy atom. The molecule has 0 aromatic rings. The quantitative estimate of drug-likeness (QED) is 0.697. The van der Waals surface area contributed by atoms with Crippen molar-refractivity contribution in [3.05, 3.63) is 12.8 Å². The molecule has 6 unspecified atom stereocenters. The van der Waals surface area contributed by atoms with Gasteiger partial charge in [0.05, 0.1) is 18.0 Å². The summed E-state index contributed by atoms with van der Waals surface area (Å²) in [5.74, 6) is 2.64. The molecule has 6 atom stereocenters. The van der Waals surface area contributed by atoms with Gasteiger partial charge in [-0.3, -0.25) is 0 Å². The van der Waals surface area contributed by atoms with Gasteiger partial charge in [-0.2, -0.15) is 0 Å². The van der Waals surface area contributed by atoms with E-state index in [1.807, 2.05) is 0 Å². The van der Waals surface area contributed by atoms with Crippen LogP contribution in [-0.2, 0) is 9.47 Å². The van der Waals surface area contributed by atoms with Gasteiger partial charge in [-0.1, -0.05) is 26.3 Å². The molecular weight excluding hydrogens is 236 g/mol. The number of hydrogen-bond donors (Lipinski definition) is 0. The van der Waals surface area contributed by atoms with E-state index in [-0.39, 0.29) is 5.60 Å². The average Bonchev–Trinajstić information content (AvgIpc) is 2.71. The van der Waals surface area contributed by atoms with Crippen LogP contribution in [0.4, 0.5) is 0 Å². The van der Waals surface area contributed by atoms with Gasteiger partial charge in [0.15, 0.2) is 0 Å². The summed E-state index contributed by atoms with van der Waals surface area (Å²) in [6.45, 7) is 10.6. The zero-order valence-electron chi connectivity index (χ0n) is 12.6. The van der Waals surface area contributed by atoms with Crippen molar-refractivity contribution < 1.29 is 9.47 Å². The van der Waals surface area contributed by atoms with Crippen LogP contribution in [0, 0.1) is 23.7 Å². The van der Waals surface area contributed by atoms with Crippen LogP contribution in [0.3, 0.4) is 0 Å². The second-order valence-corrected chi connectivity index (χ2v) is 7.45. The molecule has 0 bridgehead atoms. The molecule has 0 amide bonds. The number of fused-ring (bicyclic) bond motifs is 3. The molecule has 108 valence electrons. The molecule has 2 saturated carbocycles. The van der Waals surface area contributed by atoms with Gasteiger partial charge in [-0.25, -0.2) is 0 Å². The van der Waals surface area contributed by atoms with E-state index in [2.05, 4.69) is 27.4 Å². The Morgan fingerprint density at radius 1 is 1.16 bits per heavy atom. The highest BCUT2D eigenvalue weighted by Crippen LogP contribution is 2.54. The fourth-order valence-electron chi connectivity index (χ4n) is 5.05. The molecule has 1 aliphatic heterocycles. The highest BCUT2D eigenvalue weighted by Gasteiger charge is 2.56. The molecular formula is C17H28O2. The number of hydrogen-bond acceptors (Lipinski definition) is 2. The van der Waals surface area contributed by atoms with Crippen LogP contribution in [0.5, 0.6) is 0 Å². The summed E-state index contributed by atoms with van der Waals surface area (Å²) in [5.41, 5.74) is 0.0503. The van der Waals surface area contributed by atoms with E-state index in [9.17, 15) is 0 Å². The molecule has 0 radical (unpaired) electrons. The molecule has 2 nitrogen and oxygen atoms in total. The van der Waals surface area contributed by atoms with Crippen molar-refractivity contribution in [2.24, 2.45) is 23.7 Å². The maximum atomic E-state index is 6.44. The van der Waals surface area contributed by atoms with Crippen molar-refractivity contribution in [1.82, 2.24) is 0 Å².